The van der Waals surface area contributed by atoms with Crippen molar-refractivity contribution in [3.05, 3.63) is 0 Å². The van der Waals surface area contributed by atoms with Gasteiger partial charge in [-0.15, -0.1) is 0 Å². The molecular weight excluding hydrogens is 126 g/mol. The molecule has 1 fully saturated rings. The van der Waals surface area contributed by atoms with E-state index in [9.17, 15) is 0 Å². The number of rotatable bonds is 1. The zero-order chi connectivity index (χ0) is 7.56. The van der Waals surface area contributed by atoms with Gasteiger partial charge in [0.15, 0.2) is 0 Å². The van der Waals surface area contributed by atoms with Crippen LogP contribution in [0.25, 0.3) is 0 Å². The van der Waals surface area contributed by atoms with E-state index in [-0.39, 0.29) is 0 Å². The molecule has 10 heavy (non-hydrogen) atoms. The third-order valence-corrected chi connectivity index (χ3v) is 2.10. The first-order valence-electron chi connectivity index (χ1n) is 3.98. The summed E-state index contributed by atoms with van der Waals surface area (Å²) < 4.78 is 5.54. The second-order valence-electron chi connectivity index (χ2n) is 3.42. The topological polar surface area (TPSA) is 12.5 Å². The lowest BCUT2D eigenvalue weighted by Crippen LogP contribution is -2.36. The molecule has 0 N–H and O–H groups in total. The SMILES string of the molecule is C[C@H]1CCO[C@@H](N(C)C)C1. The molecule has 2 atom stereocenters. The summed E-state index contributed by atoms with van der Waals surface area (Å²) in [6.07, 6.45) is 2.78. The number of ether oxygens (including phenoxy) is 1. The minimum Gasteiger partial charge on any atom is -0.363 e. The second kappa shape index (κ2) is 3.35. The van der Waals surface area contributed by atoms with Gasteiger partial charge in [0.1, 0.15) is 6.23 Å². The molecular formula is C8H17NO. The Morgan fingerprint density at radius 3 is 2.50 bits per heavy atom. The van der Waals surface area contributed by atoms with Gasteiger partial charge in [-0.1, -0.05) is 6.92 Å². The number of hydrogen-bond donors (Lipinski definition) is 0. The zero-order valence-electron chi connectivity index (χ0n) is 7.13. The van der Waals surface area contributed by atoms with Crippen LogP contribution in [-0.2, 0) is 4.74 Å². The average molecular weight is 143 g/mol. The summed E-state index contributed by atoms with van der Waals surface area (Å²) in [5, 5.41) is 0. The van der Waals surface area contributed by atoms with Crippen LogP contribution in [0.15, 0.2) is 0 Å². The van der Waals surface area contributed by atoms with E-state index in [1.165, 1.54) is 12.8 Å². The van der Waals surface area contributed by atoms with Crippen molar-refractivity contribution >= 4 is 0 Å². The maximum absolute atomic E-state index is 5.54. The molecule has 0 unspecified atom stereocenters. The van der Waals surface area contributed by atoms with Gasteiger partial charge in [0.05, 0.1) is 0 Å². The highest BCUT2D eigenvalue weighted by molar-refractivity contribution is 4.65. The second-order valence-corrected chi connectivity index (χ2v) is 3.42. The Balaban J connectivity index is 2.32. The summed E-state index contributed by atoms with van der Waals surface area (Å²) >= 11 is 0. The first-order valence-corrected chi connectivity index (χ1v) is 3.98. The molecule has 0 aromatic heterocycles. The Kier molecular flexibility index (Phi) is 2.69. The fraction of sp³-hybridized carbons (Fsp3) is 1.00. The predicted octanol–water partition coefficient (Wildman–Crippen LogP) is 1.32. The summed E-state index contributed by atoms with van der Waals surface area (Å²) in [7, 11) is 4.14. The van der Waals surface area contributed by atoms with Gasteiger partial charge in [-0.2, -0.15) is 0 Å². The van der Waals surface area contributed by atoms with Crippen molar-refractivity contribution in [2.45, 2.75) is 26.0 Å². The van der Waals surface area contributed by atoms with Crippen LogP contribution in [0.3, 0.4) is 0 Å². The maximum atomic E-state index is 5.54. The third-order valence-electron chi connectivity index (χ3n) is 2.10. The van der Waals surface area contributed by atoms with Gasteiger partial charge in [0.25, 0.3) is 0 Å². The molecule has 0 radical (unpaired) electrons. The van der Waals surface area contributed by atoms with Crippen molar-refractivity contribution in [3.8, 4) is 0 Å². The Morgan fingerprint density at radius 1 is 1.40 bits per heavy atom. The number of hydrogen-bond acceptors (Lipinski definition) is 2. The van der Waals surface area contributed by atoms with Gasteiger partial charge in [-0.3, -0.25) is 4.90 Å². The van der Waals surface area contributed by atoms with Gasteiger partial charge in [0.2, 0.25) is 0 Å². The lowest BCUT2D eigenvalue weighted by molar-refractivity contribution is -0.0801. The molecule has 2 heteroatoms. The van der Waals surface area contributed by atoms with E-state index in [0.717, 1.165) is 12.5 Å². The van der Waals surface area contributed by atoms with Crippen LogP contribution in [-0.4, -0.2) is 31.8 Å². The molecule has 1 aliphatic rings. The molecule has 0 aliphatic carbocycles. The Morgan fingerprint density at radius 2 is 2.10 bits per heavy atom. The van der Waals surface area contributed by atoms with E-state index in [1.807, 2.05) is 0 Å². The van der Waals surface area contributed by atoms with E-state index in [4.69, 9.17) is 4.74 Å². The van der Waals surface area contributed by atoms with E-state index in [1.54, 1.807) is 0 Å². The smallest absolute Gasteiger partial charge is 0.110 e. The highest BCUT2D eigenvalue weighted by Gasteiger charge is 2.20. The highest BCUT2D eigenvalue weighted by Crippen LogP contribution is 2.19. The molecule has 1 saturated heterocycles. The molecule has 0 bridgehead atoms. The van der Waals surface area contributed by atoms with Gasteiger partial charge in [0, 0.05) is 6.61 Å². The lowest BCUT2D eigenvalue weighted by Gasteiger charge is -2.31. The molecule has 60 valence electrons. The summed E-state index contributed by atoms with van der Waals surface area (Å²) in [6.45, 7) is 3.23. The first kappa shape index (κ1) is 8.02. The predicted molar refractivity (Wildman–Crippen MR) is 41.8 cm³/mol. The van der Waals surface area contributed by atoms with Crippen molar-refractivity contribution in [1.82, 2.24) is 4.90 Å². The maximum Gasteiger partial charge on any atom is 0.110 e. The van der Waals surface area contributed by atoms with E-state index in [0.29, 0.717) is 6.23 Å². The van der Waals surface area contributed by atoms with Gasteiger partial charge >= 0.3 is 0 Å². The molecule has 0 aromatic rings. The van der Waals surface area contributed by atoms with Gasteiger partial charge in [-0.25, -0.2) is 0 Å². The van der Waals surface area contributed by atoms with Crippen molar-refractivity contribution in [2.75, 3.05) is 20.7 Å². The molecule has 1 heterocycles. The first-order chi connectivity index (χ1) is 4.70. The van der Waals surface area contributed by atoms with Gasteiger partial charge in [-0.05, 0) is 32.9 Å². The Labute approximate surface area is 63.2 Å². The Hall–Kier alpha value is -0.0800. The van der Waals surface area contributed by atoms with E-state index >= 15 is 0 Å². The normalized spacial score (nSPS) is 34.8. The van der Waals surface area contributed by atoms with Crippen LogP contribution in [0.2, 0.25) is 0 Å². The van der Waals surface area contributed by atoms with Crippen LogP contribution in [0, 0.1) is 5.92 Å². The largest absolute Gasteiger partial charge is 0.363 e. The van der Waals surface area contributed by atoms with Crippen molar-refractivity contribution in [3.63, 3.8) is 0 Å². The standard InChI is InChI=1S/C8H17NO/c1-7-4-5-10-8(6-7)9(2)3/h7-8H,4-6H2,1-3H3/t7-,8+/m0/s1. The molecule has 0 saturated carbocycles. The zero-order valence-corrected chi connectivity index (χ0v) is 7.13. The van der Waals surface area contributed by atoms with Gasteiger partial charge < -0.3 is 4.74 Å². The molecule has 1 rings (SSSR count). The molecule has 0 spiro atoms. The minimum atomic E-state index is 0.365. The summed E-state index contributed by atoms with van der Waals surface area (Å²) in [5.41, 5.74) is 0. The summed E-state index contributed by atoms with van der Waals surface area (Å²) in [5.74, 6) is 0.834. The lowest BCUT2D eigenvalue weighted by atomic mass is 10.0. The molecule has 2 nitrogen and oxygen atoms in total. The summed E-state index contributed by atoms with van der Waals surface area (Å²) in [6, 6.07) is 0. The van der Waals surface area contributed by atoms with Crippen LogP contribution in [0.1, 0.15) is 19.8 Å². The van der Waals surface area contributed by atoms with E-state index < -0.39 is 0 Å². The third kappa shape index (κ3) is 1.96. The fourth-order valence-electron chi connectivity index (χ4n) is 1.30. The van der Waals surface area contributed by atoms with Crippen LogP contribution >= 0.6 is 0 Å². The van der Waals surface area contributed by atoms with E-state index in [2.05, 4.69) is 25.9 Å². The fourth-order valence-corrected chi connectivity index (χ4v) is 1.30. The Bertz CT molecular complexity index is 103. The van der Waals surface area contributed by atoms with Crippen LogP contribution in [0.5, 0.6) is 0 Å². The molecule has 0 amide bonds. The highest BCUT2D eigenvalue weighted by atomic mass is 16.5. The molecule has 1 aliphatic heterocycles. The van der Waals surface area contributed by atoms with Crippen molar-refractivity contribution < 1.29 is 4.74 Å². The summed E-state index contributed by atoms with van der Waals surface area (Å²) in [4.78, 5) is 2.15. The number of nitrogens with zero attached hydrogens (tertiary/aromatic N) is 1. The van der Waals surface area contributed by atoms with Crippen molar-refractivity contribution in [1.29, 1.82) is 0 Å². The quantitative estimate of drug-likeness (QED) is 0.549. The average Bonchev–Trinajstić information content (AvgIpc) is 1.88. The van der Waals surface area contributed by atoms with Crippen LogP contribution < -0.4 is 0 Å². The van der Waals surface area contributed by atoms with Crippen LogP contribution in [0.4, 0.5) is 0 Å². The minimum absolute atomic E-state index is 0.365. The monoisotopic (exact) mass is 143 g/mol. The molecule has 0 aromatic carbocycles. The van der Waals surface area contributed by atoms with Crippen molar-refractivity contribution in [2.24, 2.45) is 5.92 Å².